The summed E-state index contributed by atoms with van der Waals surface area (Å²) in [6, 6.07) is 7.41. The monoisotopic (exact) mass is 352 g/mol. The molecule has 1 aromatic rings. The normalized spacial score (nSPS) is 16.0. The van der Waals surface area contributed by atoms with Gasteiger partial charge in [-0.3, -0.25) is 9.59 Å². The molecule has 24 heavy (non-hydrogen) atoms. The van der Waals surface area contributed by atoms with Gasteiger partial charge in [0.25, 0.3) is 0 Å². The van der Waals surface area contributed by atoms with Crippen molar-refractivity contribution in [2.75, 3.05) is 25.4 Å². The van der Waals surface area contributed by atoms with Gasteiger partial charge in [0, 0.05) is 13.1 Å². The molecule has 7 heteroatoms. The first-order valence-electron chi connectivity index (χ1n) is 7.91. The number of carbonyl (C=O) groups excluding carboxylic acids is 2. The summed E-state index contributed by atoms with van der Waals surface area (Å²) in [6.07, 6.45) is 0. The Morgan fingerprint density at radius 2 is 1.83 bits per heavy atom. The number of hydrogen-bond donors (Lipinski definition) is 1. The van der Waals surface area contributed by atoms with Crippen LogP contribution in [0.25, 0.3) is 0 Å². The summed E-state index contributed by atoms with van der Waals surface area (Å²) in [6.45, 7) is 6.90. The van der Waals surface area contributed by atoms with Gasteiger partial charge in [0.2, 0.25) is 11.8 Å². The molecule has 0 aromatic heterocycles. The molecule has 1 heterocycles. The van der Waals surface area contributed by atoms with Gasteiger partial charge in [-0.25, -0.2) is 8.42 Å². The molecule has 1 aliphatic rings. The Labute approximate surface area is 143 Å². The van der Waals surface area contributed by atoms with E-state index in [0.717, 1.165) is 5.56 Å². The smallest absolute Gasteiger partial charge is 0.239 e. The third-order valence-corrected chi connectivity index (χ3v) is 5.40. The molecular formula is C17H24N2O4S. The molecule has 6 nitrogen and oxygen atoms in total. The lowest BCUT2D eigenvalue weighted by molar-refractivity contribution is -0.136. The van der Waals surface area contributed by atoms with Crippen LogP contribution in [0.2, 0.25) is 0 Å². The predicted octanol–water partition coefficient (Wildman–Crippen LogP) is 0.857. The number of benzene rings is 1. The average molecular weight is 352 g/mol. The largest absolute Gasteiger partial charge is 0.353 e. The van der Waals surface area contributed by atoms with Gasteiger partial charge in [-0.15, -0.1) is 0 Å². The van der Waals surface area contributed by atoms with Gasteiger partial charge in [0.1, 0.15) is 5.75 Å². The van der Waals surface area contributed by atoms with Crippen molar-refractivity contribution in [1.82, 2.24) is 10.2 Å². The van der Waals surface area contributed by atoms with Crippen molar-refractivity contribution in [2.45, 2.75) is 31.9 Å². The number of nitrogens with one attached hydrogen (secondary N) is 1. The van der Waals surface area contributed by atoms with Crippen LogP contribution in [-0.2, 0) is 30.6 Å². The molecule has 0 radical (unpaired) electrons. The van der Waals surface area contributed by atoms with E-state index in [2.05, 4.69) is 26.1 Å². The lowest BCUT2D eigenvalue weighted by Gasteiger charge is -2.26. The molecule has 0 aliphatic carbocycles. The second-order valence-electron chi connectivity index (χ2n) is 7.14. The van der Waals surface area contributed by atoms with E-state index in [1.807, 2.05) is 12.1 Å². The molecule has 132 valence electrons. The highest BCUT2D eigenvalue weighted by Crippen LogP contribution is 2.22. The number of nitrogens with zero attached hydrogens (tertiary/aromatic N) is 1. The minimum absolute atomic E-state index is 0.00219. The predicted molar refractivity (Wildman–Crippen MR) is 92.2 cm³/mol. The van der Waals surface area contributed by atoms with Crippen LogP contribution in [0, 0.1) is 0 Å². The fourth-order valence-electron chi connectivity index (χ4n) is 2.54. The number of amides is 2. The van der Waals surface area contributed by atoms with Crippen LogP contribution in [0.3, 0.4) is 0 Å². The van der Waals surface area contributed by atoms with E-state index in [1.165, 1.54) is 4.90 Å². The summed E-state index contributed by atoms with van der Waals surface area (Å²) in [5.41, 5.74) is 1.79. The summed E-state index contributed by atoms with van der Waals surface area (Å²) in [5, 5.41) is 2.60. The summed E-state index contributed by atoms with van der Waals surface area (Å²) in [5.74, 6) is -1.52. The van der Waals surface area contributed by atoms with Crippen LogP contribution in [-0.4, -0.2) is 50.5 Å². The van der Waals surface area contributed by atoms with E-state index in [9.17, 15) is 18.0 Å². The Kier molecular flexibility index (Phi) is 5.32. The Balaban J connectivity index is 2.00. The molecule has 1 aliphatic heterocycles. The van der Waals surface area contributed by atoms with Crippen molar-refractivity contribution in [3.8, 4) is 0 Å². The molecule has 1 aromatic carbocycles. The van der Waals surface area contributed by atoms with Gasteiger partial charge in [0.15, 0.2) is 9.84 Å². The fourth-order valence-corrected chi connectivity index (χ4v) is 3.90. The van der Waals surface area contributed by atoms with E-state index >= 15 is 0 Å². The van der Waals surface area contributed by atoms with Crippen LogP contribution in [0.1, 0.15) is 31.9 Å². The molecule has 0 atom stereocenters. The Morgan fingerprint density at radius 1 is 1.21 bits per heavy atom. The second-order valence-corrected chi connectivity index (χ2v) is 9.21. The average Bonchev–Trinajstić information content (AvgIpc) is 2.45. The van der Waals surface area contributed by atoms with E-state index in [4.69, 9.17) is 0 Å². The molecule has 2 amide bonds. The summed E-state index contributed by atoms with van der Waals surface area (Å²) in [7, 11) is -3.57. The SMILES string of the molecule is CC(C)(C)c1ccc(CS(=O)(=O)CC(=O)N2CCNC(=O)C2)cc1. The molecular weight excluding hydrogens is 328 g/mol. The van der Waals surface area contributed by atoms with E-state index < -0.39 is 21.5 Å². The van der Waals surface area contributed by atoms with Crippen LogP contribution >= 0.6 is 0 Å². The number of rotatable bonds is 4. The van der Waals surface area contributed by atoms with Gasteiger partial charge in [0.05, 0.1) is 12.3 Å². The standard InChI is InChI=1S/C17H24N2O4S/c1-17(2,3)14-6-4-13(5-7-14)11-24(22,23)12-16(21)19-9-8-18-15(20)10-19/h4-7H,8-12H2,1-3H3,(H,18,20). The number of sulfone groups is 1. The third kappa shape index (κ3) is 5.06. The minimum Gasteiger partial charge on any atom is -0.353 e. The lowest BCUT2D eigenvalue weighted by Crippen LogP contribution is -2.51. The maximum atomic E-state index is 12.3. The first-order chi connectivity index (χ1) is 11.1. The molecule has 1 fully saturated rings. The fraction of sp³-hybridized carbons (Fsp3) is 0.529. The van der Waals surface area contributed by atoms with Crippen molar-refractivity contribution < 1.29 is 18.0 Å². The second kappa shape index (κ2) is 6.93. The lowest BCUT2D eigenvalue weighted by atomic mass is 9.87. The zero-order valence-electron chi connectivity index (χ0n) is 14.3. The van der Waals surface area contributed by atoms with Crippen molar-refractivity contribution in [1.29, 1.82) is 0 Å². The topological polar surface area (TPSA) is 83.6 Å². The van der Waals surface area contributed by atoms with Gasteiger partial charge in [-0.05, 0) is 16.5 Å². The highest BCUT2D eigenvalue weighted by molar-refractivity contribution is 7.91. The zero-order chi connectivity index (χ0) is 18.0. The molecule has 1 saturated heterocycles. The van der Waals surface area contributed by atoms with Crippen molar-refractivity contribution in [3.05, 3.63) is 35.4 Å². The van der Waals surface area contributed by atoms with Crippen molar-refractivity contribution in [2.24, 2.45) is 0 Å². The zero-order valence-corrected chi connectivity index (χ0v) is 15.1. The molecule has 0 saturated carbocycles. The number of piperazine rings is 1. The van der Waals surface area contributed by atoms with E-state index in [1.54, 1.807) is 12.1 Å². The Morgan fingerprint density at radius 3 is 2.38 bits per heavy atom. The Hall–Kier alpha value is -1.89. The van der Waals surface area contributed by atoms with Crippen LogP contribution in [0.5, 0.6) is 0 Å². The summed E-state index contributed by atoms with van der Waals surface area (Å²) >= 11 is 0. The highest BCUT2D eigenvalue weighted by Gasteiger charge is 2.26. The van der Waals surface area contributed by atoms with Gasteiger partial charge >= 0.3 is 0 Å². The first kappa shape index (κ1) is 18.4. The van der Waals surface area contributed by atoms with Crippen LogP contribution in [0.15, 0.2) is 24.3 Å². The number of carbonyl (C=O) groups is 2. The third-order valence-electron chi connectivity index (χ3n) is 3.94. The van der Waals surface area contributed by atoms with Crippen LogP contribution < -0.4 is 5.32 Å². The van der Waals surface area contributed by atoms with E-state index in [-0.39, 0.29) is 23.6 Å². The van der Waals surface area contributed by atoms with E-state index in [0.29, 0.717) is 18.7 Å². The molecule has 0 bridgehead atoms. The van der Waals surface area contributed by atoms with Crippen molar-refractivity contribution in [3.63, 3.8) is 0 Å². The number of hydrogen-bond acceptors (Lipinski definition) is 4. The molecule has 0 unspecified atom stereocenters. The summed E-state index contributed by atoms with van der Waals surface area (Å²) < 4.78 is 24.5. The molecule has 1 N–H and O–H groups in total. The molecule has 2 rings (SSSR count). The minimum atomic E-state index is -3.57. The Bertz CT molecular complexity index is 718. The van der Waals surface area contributed by atoms with Crippen LogP contribution in [0.4, 0.5) is 0 Å². The summed E-state index contributed by atoms with van der Waals surface area (Å²) in [4.78, 5) is 24.7. The maximum absolute atomic E-state index is 12.3. The van der Waals surface area contributed by atoms with Crippen molar-refractivity contribution >= 4 is 21.7 Å². The van der Waals surface area contributed by atoms with Gasteiger partial charge in [-0.2, -0.15) is 0 Å². The maximum Gasteiger partial charge on any atom is 0.239 e. The highest BCUT2D eigenvalue weighted by atomic mass is 32.2. The van der Waals surface area contributed by atoms with Gasteiger partial charge < -0.3 is 10.2 Å². The molecule has 0 spiro atoms. The van der Waals surface area contributed by atoms with Gasteiger partial charge in [-0.1, -0.05) is 45.0 Å². The quantitative estimate of drug-likeness (QED) is 0.871. The first-order valence-corrected chi connectivity index (χ1v) is 9.73.